The number of carbonyl (C=O) groups is 3. The fourth-order valence-corrected chi connectivity index (χ4v) is 5.58. The fourth-order valence-electron chi connectivity index (χ4n) is 4.38. The van der Waals surface area contributed by atoms with Crippen molar-refractivity contribution in [1.82, 2.24) is 10.6 Å². The van der Waals surface area contributed by atoms with Gasteiger partial charge in [-0.3, -0.25) is 14.4 Å². The predicted molar refractivity (Wildman–Crippen MR) is 125 cm³/mol. The highest BCUT2D eigenvalue weighted by atomic mass is 32.2. The van der Waals surface area contributed by atoms with E-state index < -0.39 is 40.2 Å². The Hall–Kier alpha value is -3.21. The number of hydrogen-bond acceptors (Lipinski definition) is 5. The molecule has 192 valence electrons. The van der Waals surface area contributed by atoms with Crippen molar-refractivity contribution >= 4 is 29.5 Å². The highest BCUT2D eigenvalue weighted by molar-refractivity contribution is 8.01. The Balaban J connectivity index is 1.23. The number of ether oxygens (including phenoxy) is 1. The average Bonchev–Trinajstić information content (AvgIpc) is 3.25. The highest BCUT2D eigenvalue weighted by Gasteiger charge is 2.29. The number of fused-ring (bicyclic) bond motifs is 1. The van der Waals surface area contributed by atoms with Crippen LogP contribution in [0.4, 0.5) is 13.2 Å². The van der Waals surface area contributed by atoms with E-state index in [9.17, 15) is 27.6 Å². The summed E-state index contributed by atoms with van der Waals surface area (Å²) in [5.41, 5.74) is 0.00635. The normalized spacial score (nSPS) is 20.9. The topological polar surface area (TPSA) is 105 Å². The van der Waals surface area contributed by atoms with Gasteiger partial charge in [0.2, 0.25) is 5.91 Å². The molecule has 0 bridgehead atoms. The molecule has 7 nitrogen and oxygen atoms in total. The van der Waals surface area contributed by atoms with E-state index >= 15 is 0 Å². The maximum atomic E-state index is 14.5. The maximum Gasteiger partial charge on any atom is 0.306 e. The minimum Gasteiger partial charge on any atom is -0.490 e. The first-order chi connectivity index (χ1) is 17.2. The molecule has 1 aliphatic heterocycles. The summed E-state index contributed by atoms with van der Waals surface area (Å²) in [6.45, 7) is 0.00325. The van der Waals surface area contributed by atoms with Crippen molar-refractivity contribution in [1.29, 1.82) is 0 Å². The zero-order valence-electron chi connectivity index (χ0n) is 19.2. The highest BCUT2D eigenvalue weighted by Crippen LogP contribution is 2.37. The Bertz CT molecular complexity index is 1150. The molecule has 0 saturated heterocycles. The third-order valence-electron chi connectivity index (χ3n) is 6.27. The maximum absolute atomic E-state index is 14.5. The van der Waals surface area contributed by atoms with Crippen molar-refractivity contribution in [2.24, 2.45) is 5.92 Å². The smallest absolute Gasteiger partial charge is 0.306 e. The van der Waals surface area contributed by atoms with Gasteiger partial charge in [-0.1, -0.05) is 0 Å². The van der Waals surface area contributed by atoms with E-state index in [4.69, 9.17) is 9.84 Å². The summed E-state index contributed by atoms with van der Waals surface area (Å²) in [6.07, 6.45) is 1.79. The molecule has 11 heteroatoms. The second kappa shape index (κ2) is 11.2. The second-order valence-corrected chi connectivity index (χ2v) is 10.0. The van der Waals surface area contributed by atoms with Gasteiger partial charge < -0.3 is 20.5 Å². The Morgan fingerprint density at radius 1 is 0.972 bits per heavy atom. The zero-order chi connectivity index (χ0) is 25.8. The van der Waals surface area contributed by atoms with Crippen LogP contribution in [0.25, 0.3) is 0 Å². The van der Waals surface area contributed by atoms with Gasteiger partial charge in [-0.05, 0) is 55.9 Å². The Morgan fingerprint density at radius 3 is 2.31 bits per heavy atom. The lowest BCUT2D eigenvalue weighted by molar-refractivity contribution is -0.143. The van der Waals surface area contributed by atoms with Crippen LogP contribution in [0.5, 0.6) is 5.75 Å². The van der Waals surface area contributed by atoms with Crippen LogP contribution in [0, 0.1) is 23.4 Å². The van der Waals surface area contributed by atoms with Crippen molar-refractivity contribution in [2.75, 3.05) is 13.1 Å². The van der Waals surface area contributed by atoms with Crippen LogP contribution >= 0.6 is 11.8 Å². The fraction of sp³-hybridized carbons (Fsp3) is 0.400. The first-order valence-corrected chi connectivity index (χ1v) is 12.5. The van der Waals surface area contributed by atoms with E-state index in [0.29, 0.717) is 32.1 Å². The number of carboxylic acids is 1. The number of halogens is 3. The Labute approximate surface area is 209 Å². The van der Waals surface area contributed by atoms with E-state index in [1.54, 1.807) is 6.07 Å². The first-order valence-electron chi connectivity index (χ1n) is 11.6. The molecule has 1 heterocycles. The van der Waals surface area contributed by atoms with E-state index in [2.05, 4.69) is 10.6 Å². The number of hydrogen-bond donors (Lipinski definition) is 3. The van der Waals surface area contributed by atoms with E-state index in [0.717, 1.165) is 22.6 Å². The van der Waals surface area contributed by atoms with Gasteiger partial charge in [0, 0.05) is 30.1 Å². The van der Waals surface area contributed by atoms with Crippen molar-refractivity contribution in [3.05, 3.63) is 58.9 Å². The summed E-state index contributed by atoms with van der Waals surface area (Å²) in [4.78, 5) is 36.6. The molecule has 1 atom stereocenters. The number of carboxylic acid groups (broad SMARTS) is 1. The molecule has 2 aliphatic rings. The van der Waals surface area contributed by atoms with Crippen LogP contribution in [0.15, 0.2) is 35.2 Å². The molecular weight excluding hydrogens is 497 g/mol. The second-order valence-electron chi connectivity index (χ2n) is 8.80. The van der Waals surface area contributed by atoms with Gasteiger partial charge in [0.25, 0.3) is 5.91 Å². The lowest BCUT2D eigenvalue weighted by atomic mass is 9.87. The quantitative estimate of drug-likeness (QED) is 0.457. The molecule has 2 aromatic carbocycles. The largest absolute Gasteiger partial charge is 0.490 e. The molecule has 0 radical (unpaired) electrons. The van der Waals surface area contributed by atoms with Gasteiger partial charge in [0.05, 0.1) is 17.3 Å². The molecule has 1 aliphatic carbocycles. The van der Waals surface area contributed by atoms with E-state index in [1.807, 2.05) is 0 Å². The summed E-state index contributed by atoms with van der Waals surface area (Å²) >= 11 is 1.33. The molecule has 36 heavy (non-hydrogen) atoms. The number of amides is 2. The first kappa shape index (κ1) is 25.9. The summed E-state index contributed by atoms with van der Waals surface area (Å²) in [7, 11) is 0. The average molecular weight is 523 g/mol. The molecule has 2 aromatic rings. The molecule has 1 saturated carbocycles. The summed E-state index contributed by atoms with van der Waals surface area (Å²) < 4.78 is 48.0. The molecule has 1 unspecified atom stereocenters. The van der Waals surface area contributed by atoms with Crippen LogP contribution in [-0.2, 0) is 16.0 Å². The third kappa shape index (κ3) is 6.13. The number of carbonyl (C=O) groups excluding carboxylic acids is 2. The number of nitrogens with one attached hydrogen (secondary N) is 2. The third-order valence-corrected chi connectivity index (χ3v) is 7.59. The van der Waals surface area contributed by atoms with E-state index in [-0.39, 0.29) is 36.7 Å². The van der Waals surface area contributed by atoms with Crippen molar-refractivity contribution < 1.29 is 37.4 Å². The lowest BCUT2D eigenvalue weighted by Crippen LogP contribution is -2.39. The number of benzene rings is 2. The van der Waals surface area contributed by atoms with Crippen molar-refractivity contribution in [2.45, 2.75) is 48.4 Å². The van der Waals surface area contributed by atoms with Gasteiger partial charge in [-0.25, -0.2) is 13.2 Å². The lowest BCUT2D eigenvalue weighted by Gasteiger charge is -2.26. The minimum absolute atomic E-state index is 0.0481. The van der Waals surface area contributed by atoms with E-state index in [1.165, 1.54) is 23.9 Å². The summed E-state index contributed by atoms with van der Waals surface area (Å²) in [5, 5.41) is 13.7. The molecule has 3 N–H and O–H groups in total. The van der Waals surface area contributed by atoms with Gasteiger partial charge in [0.15, 0.2) is 0 Å². The molecule has 0 aromatic heterocycles. The van der Waals surface area contributed by atoms with Crippen LogP contribution in [0.2, 0.25) is 0 Å². The Morgan fingerprint density at radius 2 is 1.64 bits per heavy atom. The van der Waals surface area contributed by atoms with Crippen LogP contribution in [0.1, 0.15) is 41.6 Å². The SMILES string of the molecule is O=C(NCCNC(=O)C1Cc2cc(F)ccc2S1)c1c(F)cc(O[C@H]2CC[C@@H](C(=O)O)CC2)cc1F. The zero-order valence-corrected chi connectivity index (χ0v) is 20.0. The molecule has 0 spiro atoms. The number of aliphatic carboxylic acids is 1. The minimum atomic E-state index is -1.09. The number of rotatable bonds is 8. The molecular formula is C25H25F3N2O5S. The molecule has 1 fully saturated rings. The van der Waals surface area contributed by atoms with Crippen LogP contribution in [0.3, 0.4) is 0 Å². The van der Waals surface area contributed by atoms with Crippen LogP contribution in [-0.4, -0.2) is 47.3 Å². The van der Waals surface area contributed by atoms with Gasteiger partial charge in [-0.15, -0.1) is 11.8 Å². The Kier molecular flexibility index (Phi) is 8.07. The number of thioether (sulfide) groups is 1. The van der Waals surface area contributed by atoms with Gasteiger partial charge in [-0.2, -0.15) is 0 Å². The summed E-state index contributed by atoms with van der Waals surface area (Å²) in [5.74, 6) is -5.14. The standard InChI is InChI=1S/C25H25F3N2O5S/c26-15-3-6-20-14(9-15)10-21(36-20)23(31)29-7-8-30-24(32)22-18(27)11-17(12-19(22)28)35-16-4-1-13(2-5-16)25(33)34/h3,6,9,11-13,16,21H,1-2,4-5,7-8,10H2,(H,29,31)(H,30,32)(H,33,34)/t13-,16+,21?. The van der Waals surface area contributed by atoms with Crippen molar-refractivity contribution in [3.8, 4) is 5.75 Å². The van der Waals surface area contributed by atoms with Gasteiger partial charge >= 0.3 is 5.97 Å². The van der Waals surface area contributed by atoms with Crippen LogP contribution < -0.4 is 15.4 Å². The van der Waals surface area contributed by atoms with Gasteiger partial charge in [0.1, 0.15) is 28.8 Å². The monoisotopic (exact) mass is 522 g/mol. The molecule has 2 amide bonds. The summed E-state index contributed by atoms with van der Waals surface area (Å²) in [6, 6.07) is 6.23. The molecule has 4 rings (SSSR count). The van der Waals surface area contributed by atoms with Crippen molar-refractivity contribution in [3.63, 3.8) is 0 Å². The predicted octanol–water partition coefficient (Wildman–Crippen LogP) is 3.69.